The lowest BCUT2D eigenvalue weighted by Gasteiger charge is -2.31. The smallest absolute Gasteiger partial charge is 0.246 e. The van der Waals surface area contributed by atoms with Crippen molar-refractivity contribution in [3.8, 4) is 0 Å². The van der Waals surface area contributed by atoms with Gasteiger partial charge in [-0.05, 0) is 38.9 Å². The Balaban J connectivity index is 1.94. The summed E-state index contributed by atoms with van der Waals surface area (Å²) in [6, 6.07) is -0.0209. The van der Waals surface area contributed by atoms with Gasteiger partial charge in [0, 0.05) is 6.04 Å². The number of anilines is 1. The van der Waals surface area contributed by atoms with E-state index in [1.54, 1.807) is 0 Å². The van der Waals surface area contributed by atoms with Gasteiger partial charge in [0.15, 0.2) is 0 Å². The van der Waals surface area contributed by atoms with Crippen molar-refractivity contribution in [2.45, 2.75) is 37.1 Å². The van der Waals surface area contributed by atoms with E-state index in [0.717, 1.165) is 38.9 Å². The Morgan fingerprint density at radius 1 is 1.53 bits per heavy atom. The van der Waals surface area contributed by atoms with Crippen molar-refractivity contribution in [3.63, 3.8) is 0 Å². The summed E-state index contributed by atoms with van der Waals surface area (Å²) in [4.78, 5) is 2.39. The first-order valence-corrected chi connectivity index (χ1v) is 8.04. The largest absolute Gasteiger partial charge is 0.383 e. The number of nitrogens with two attached hydrogens (primary N) is 1. The van der Waals surface area contributed by atoms with Crippen molar-refractivity contribution in [2.24, 2.45) is 0 Å². The highest BCUT2D eigenvalue weighted by atomic mass is 32.2. The molecular weight excluding hydrogens is 266 g/mol. The highest BCUT2D eigenvalue weighted by molar-refractivity contribution is 7.89. The first-order chi connectivity index (χ1) is 9.03. The maximum absolute atomic E-state index is 12.1. The normalized spacial score (nSPS) is 18.8. The molecule has 2 rings (SSSR count). The molecule has 0 aliphatic carbocycles. The molecule has 1 aromatic rings. The SMILES string of the molecule is CCCN1CCC(NS(=O)(=O)c2cn[nH]c2N)CC1. The Bertz CT molecular complexity index is 505. The molecule has 7 nitrogen and oxygen atoms in total. The molecule has 0 saturated carbocycles. The van der Waals surface area contributed by atoms with Crippen LogP contribution < -0.4 is 10.5 Å². The molecule has 8 heteroatoms. The number of aromatic amines is 1. The third-order valence-electron chi connectivity index (χ3n) is 3.37. The Kier molecular flexibility index (Phi) is 4.43. The minimum atomic E-state index is -3.56. The maximum atomic E-state index is 12.1. The zero-order valence-electron chi connectivity index (χ0n) is 11.1. The third kappa shape index (κ3) is 3.46. The zero-order valence-corrected chi connectivity index (χ0v) is 11.9. The van der Waals surface area contributed by atoms with Gasteiger partial charge in [0.1, 0.15) is 10.7 Å². The summed E-state index contributed by atoms with van der Waals surface area (Å²) in [5.74, 6) is 0.0796. The minimum absolute atomic E-state index is 0.0209. The second kappa shape index (κ2) is 5.89. The van der Waals surface area contributed by atoms with Crippen molar-refractivity contribution < 1.29 is 8.42 Å². The molecule has 1 fully saturated rings. The summed E-state index contributed by atoms with van der Waals surface area (Å²) >= 11 is 0. The average Bonchev–Trinajstić information content (AvgIpc) is 2.79. The lowest BCUT2D eigenvalue weighted by Crippen LogP contribution is -2.44. The average molecular weight is 287 g/mol. The van der Waals surface area contributed by atoms with Crippen LogP contribution in [0.4, 0.5) is 5.82 Å². The van der Waals surface area contributed by atoms with E-state index in [-0.39, 0.29) is 16.8 Å². The molecule has 0 unspecified atom stereocenters. The molecule has 4 N–H and O–H groups in total. The molecule has 1 saturated heterocycles. The van der Waals surface area contributed by atoms with Crippen LogP contribution in [0, 0.1) is 0 Å². The van der Waals surface area contributed by atoms with Crippen LogP contribution in [0.25, 0.3) is 0 Å². The fraction of sp³-hybridized carbons (Fsp3) is 0.727. The first kappa shape index (κ1) is 14.3. The molecule has 2 heterocycles. The van der Waals surface area contributed by atoms with E-state index < -0.39 is 10.0 Å². The Hall–Kier alpha value is -1.12. The number of sulfonamides is 1. The quantitative estimate of drug-likeness (QED) is 0.715. The van der Waals surface area contributed by atoms with Crippen molar-refractivity contribution in [3.05, 3.63) is 6.20 Å². The molecule has 0 bridgehead atoms. The number of nitrogens with zero attached hydrogens (tertiary/aromatic N) is 2. The number of hydrogen-bond donors (Lipinski definition) is 3. The molecular formula is C11H21N5O2S. The molecule has 0 atom stereocenters. The van der Waals surface area contributed by atoms with E-state index in [1.807, 2.05) is 0 Å². The number of piperidine rings is 1. The molecule has 0 aromatic carbocycles. The summed E-state index contributed by atoms with van der Waals surface area (Å²) in [6.45, 7) is 5.09. The first-order valence-electron chi connectivity index (χ1n) is 6.56. The van der Waals surface area contributed by atoms with E-state index in [9.17, 15) is 8.42 Å². The van der Waals surface area contributed by atoms with E-state index in [1.165, 1.54) is 6.20 Å². The fourth-order valence-corrected chi connectivity index (χ4v) is 3.70. The standard InChI is InChI=1S/C11H21N5O2S/c1-2-5-16-6-3-9(4-7-16)15-19(17,18)10-8-13-14-11(10)12/h8-9,15H,2-7H2,1H3,(H3,12,13,14). The topological polar surface area (TPSA) is 104 Å². The van der Waals surface area contributed by atoms with Crippen LogP contribution in [0.2, 0.25) is 0 Å². The van der Waals surface area contributed by atoms with Crippen LogP contribution in [0.5, 0.6) is 0 Å². The van der Waals surface area contributed by atoms with Crippen LogP contribution in [-0.2, 0) is 10.0 Å². The van der Waals surface area contributed by atoms with E-state index in [4.69, 9.17) is 5.73 Å². The van der Waals surface area contributed by atoms with Crippen LogP contribution in [0.3, 0.4) is 0 Å². The zero-order chi connectivity index (χ0) is 13.9. The van der Waals surface area contributed by atoms with E-state index in [0.29, 0.717) is 0 Å². The number of nitrogen functional groups attached to an aromatic ring is 1. The maximum Gasteiger partial charge on any atom is 0.246 e. The molecule has 0 amide bonds. The summed E-state index contributed by atoms with van der Waals surface area (Å²) in [5.41, 5.74) is 5.55. The monoisotopic (exact) mass is 287 g/mol. The van der Waals surface area contributed by atoms with Gasteiger partial charge in [-0.25, -0.2) is 13.1 Å². The molecule has 0 spiro atoms. The van der Waals surface area contributed by atoms with Gasteiger partial charge in [-0.3, -0.25) is 5.10 Å². The lowest BCUT2D eigenvalue weighted by molar-refractivity contribution is 0.208. The van der Waals surface area contributed by atoms with Gasteiger partial charge < -0.3 is 10.6 Å². The molecule has 1 aromatic heterocycles. The van der Waals surface area contributed by atoms with Crippen LogP contribution >= 0.6 is 0 Å². The molecule has 108 valence electrons. The van der Waals surface area contributed by atoms with Crippen molar-refractivity contribution in [2.75, 3.05) is 25.4 Å². The second-order valence-electron chi connectivity index (χ2n) is 4.89. The lowest BCUT2D eigenvalue weighted by atomic mass is 10.1. The molecule has 0 radical (unpaired) electrons. The van der Waals surface area contributed by atoms with Crippen LogP contribution in [0.1, 0.15) is 26.2 Å². The molecule has 19 heavy (non-hydrogen) atoms. The van der Waals surface area contributed by atoms with Gasteiger partial charge in [0.25, 0.3) is 0 Å². The van der Waals surface area contributed by atoms with E-state index >= 15 is 0 Å². The summed E-state index contributed by atoms with van der Waals surface area (Å²) in [7, 11) is -3.56. The summed E-state index contributed by atoms with van der Waals surface area (Å²) < 4.78 is 27.0. The Morgan fingerprint density at radius 2 is 2.21 bits per heavy atom. The fourth-order valence-electron chi connectivity index (χ4n) is 2.37. The van der Waals surface area contributed by atoms with Gasteiger partial charge >= 0.3 is 0 Å². The predicted octanol–water partition coefficient (Wildman–Crippen LogP) is 0.145. The number of aromatic nitrogens is 2. The van der Waals surface area contributed by atoms with Gasteiger partial charge in [-0.2, -0.15) is 5.10 Å². The van der Waals surface area contributed by atoms with Crippen molar-refractivity contribution in [1.29, 1.82) is 0 Å². The summed E-state index contributed by atoms with van der Waals surface area (Å²) in [5, 5.41) is 6.08. The third-order valence-corrected chi connectivity index (χ3v) is 4.92. The Morgan fingerprint density at radius 3 is 2.74 bits per heavy atom. The van der Waals surface area contributed by atoms with Crippen molar-refractivity contribution in [1.82, 2.24) is 19.8 Å². The summed E-state index contributed by atoms with van der Waals surface area (Å²) in [6.07, 6.45) is 4.03. The minimum Gasteiger partial charge on any atom is -0.383 e. The second-order valence-corrected chi connectivity index (χ2v) is 6.57. The number of nitrogens with one attached hydrogen (secondary N) is 2. The van der Waals surface area contributed by atoms with Gasteiger partial charge in [0.05, 0.1) is 6.20 Å². The highest BCUT2D eigenvalue weighted by Gasteiger charge is 2.26. The molecule has 1 aliphatic heterocycles. The Labute approximate surface area is 113 Å². The molecule has 1 aliphatic rings. The predicted molar refractivity (Wildman–Crippen MR) is 73.1 cm³/mol. The van der Waals surface area contributed by atoms with Crippen molar-refractivity contribution >= 4 is 15.8 Å². The van der Waals surface area contributed by atoms with Gasteiger partial charge in [-0.1, -0.05) is 6.92 Å². The van der Waals surface area contributed by atoms with Gasteiger partial charge in [-0.15, -0.1) is 0 Å². The van der Waals surface area contributed by atoms with E-state index in [2.05, 4.69) is 26.7 Å². The number of rotatable bonds is 5. The number of H-pyrrole nitrogens is 1. The number of likely N-dealkylation sites (tertiary alicyclic amines) is 1. The van der Waals surface area contributed by atoms with Crippen LogP contribution in [-0.4, -0.2) is 49.2 Å². The van der Waals surface area contributed by atoms with Crippen LogP contribution in [0.15, 0.2) is 11.1 Å². The highest BCUT2D eigenvalue weighted by Crippen LogP contribution is 2.17. The number of hydrogen-bond acceptors (Lipinski definition) is 5. The van der Waals surface area contributed by atoms with Gasteiger partial charge in [0.2, 0.25) is 10.0 Å².